The first-order valence-electron chi connectivity index (χ1n) is 9.11. The molecule has 6 heteroatoms. The average Bonchev–Trinajstić information content (AvgIpc) is 3.20. The van der Waals surface area contributed by atoms with Crippen molar-refractivity contribution in [3.8, 4) is 0 Å². The van der Waals surface area contributed by atoms with Crippen LogP contribution >= 0.6 is 24.8 Å². The van der Waals surface area contributed by atoms with Crippen LogP contribution in [0.3, 0.4) is 0 Å². The molecule has 4 nitrogen and oxygen atoms in total. The van der Waals surface area contributed by atoms with E-state index in [1.165, 1.54) is 18.4 Å². The molecule has 0 amide bonds. The smallest absolute Gasteiger partial charge is 0.336 e. The Balaban J connectivity index is 0.000000980. The van der Waals surface area contributed by atoms with Gasteiger partial charge in [-0.05, 0) is 61.3 Å². The van der Waals surface area contributed by atoms with Crippen LogP contribution in [-0.2, 0) is 6.54 Å². The Morgan fingerprint density at radius 1 is 1.08 bits per heavy atom. The van der Waals surface area contributed by atoms with Gasteiger partial charge in [-0.1, -0.05) is 6.07 Å². The number of benzene rings is 1. The van der Waals surface area contributed by atoms with E-state index in [0.717, 1.165) is 65.6 Å². The number of nitrogens with zero attached hydrogens (tertiary/aromatic N) is 1. The number of hydrogen-bond donors (Lipinski definition) is 1. The van der Waals surface area contributed by atoms with Crippen LogP contribution in [0.25, 0.3) is 11.0 Å². The molecule has 5 rings (SSSR count). The van der Waals surface area contributed by atoms with Gasteiger partial charge in [-0.15, -0.1) is 24.8 Å². The molecule has 0 aliphatic carbocycles. The van der Waals surface area contributed by atoms with E-state index >= 15 is 0 Å². The highest BCUT2D eigenvalue weighted by Gasteiger charge is 2.51. The SMILES string of the molecule is Cc1cc(C)c2oc(=O)cc(CN3C[C@@H]4[C@H](C3)[C@@H]3CC[C@H]4N3)c2c1.Cl.Cl. The van der Waals surface area contributed by atoms with Crippen molar-refractivity contribution in [2.75, 3.05) is 13.1 Å². The summed E-state index contributed by atoms with van der Waals surface area (Å²) in [6.45, 7) is 7.30. The Labute approximate surface area is 166 Å². The van der Waals surface area contributed by atoms with Gasteiger partial charge in [0.25, 0.3) is 0 Å². The minimum atomic E-state index is -0.231. The van der Waals surface area contributed by atoms with E-state index in [9.17, 15) is 4.79 Å². The summed E-state index contributed by atoms with van der Waals surface area (Å²) in [5.74, 6) is 1.61. The highest BCUT2D eigenvalue weighted by Crippen LogP contribution is 2.43. The van der Waals surface area contributed by atoms with Gasteiger partial charge in [0, 0.05) is 43.2 Å². The number of nitrogens with one attached hydrogen (secondary N) is 1. The molecule has 3 fully saturated rings. The molecule has 0 spiro atoms. The molecule has 2 aromatic rings. The Morgan fingerprint density at radius 3 is 2.38 bits per heavy atom. The van der Waals surface area contributed by atoms with E-state index in [4.69, 9.17) is 4.42 Å². The lowest BCUT2D eigenvalue weighted by molar-refractivity contribution is 0.295. The Bertz CT molecular complexity index is 864. The van der Waals surface area contributed by atoms with Crippen molar-refractivity contribution >= 4 is 35.8 Å². The molecule has 26 heavy (non-hydrogen) atoms. The molecule has 1 aromatic heterocycles. The first-order valence-corrected chi connectivity index (χ1v) is 9.11. The van der Waals surface area contributed by atoms with Crippen LogP contribution in [0, 0.1) is 25.7 Å². The molecule has 142 valence electrons. The number of aryl methyl sites for hydroxylation is 2. The van der Waals surface area contributed by atoms with Crippen LogP contribution in [0.1, 0.15) is 29.5 Å². The lowest BCUT2D eigenvalue weighted by Gasteiger charge is -2.20. The van der Waals surface area contributed by atoms with Crippen LogP contribution in [0.4, 0.5) is 0 Å². The highest BCUT2D eigenvalue weighted by atomic mass is 35.5. The molecule has 0 saturated carbocycles. The Morgan fingerprint density at radius 2 is 1.73 bits per heavy atom. The molecule has 2 bridgehead atoms. The van der Waals surface area contributed by atoms with Gasteiger partial charge < -0.3 is 9.73 Å². The number of hydrogen-bond acceptors (Lipinski definition) is 4. The van der Waals surface area contributed by atoms with E-state index in [1.54, 1.807) is 6.07 Å². The maximum Gasteiger partial charge on any atom is 0.336 e. The first-order chi connectivity index (χ1) is 11.6. The van der Waals surface area contributed by atoms with Gasteiger partial charge >= 0.3 is 5.63 Å². The fourth-order valence-electron chi connectivity index (χ4n) is 5.45. The number of likely N-dealkylation sites (tertiary alicyclic amines) is 1. The molecule has 3 aliphatic heterocycles. The van der Waals surface area contributed by atoms with E-state index in [0.29, 0.717) is 0 Å². The lowest BCUT2D eigenvalue weighted by atomic mass is 9.82. The summed E-state index contributed by atoms with van der Waals surface area (Å²) in [4.78, 5) is 14.6. The van der Waals surface area contributed by atoms with Crippen molar-refractivity contribution in [2.24, 2.45) is 11.8 Å². The second kappa shape index (κ2) is 7.16. The Hall–Kier alpha value is -1.07. The van der Waals surface area contributed by atoms with E-state index in [2.05, 4.69) is 29.3 Å². The zero-order chi connectivity index (χ0) is 16.4. The monoisotopic (exact) mass is 396 g/mol. The van der Waals surface area contributed by atoms with Gasteiger partial charge in [-0.3, -0.25) is 4.90 Å². The van der Waals surface area contributed by atoms with Gasteiger partial charge in [0.2, 0.25) is 0 Å². The molecule has 4 atom stereocenters. The van der Waals surface area contributed by atoms with E-state index < -0.39 is 0 Å². The molecule has 3 saturated heterocycles. The van der Waals surface area contributed by atoms with E-state index in [1.807, 2.05) is 6.92 Å². The lowest BCUT2D eigenvalue weighted by Crippen LogP contribution is -2.31. The summed E-state index contributed by atoms with van der Waals surface area (Å²) < 4.78 is 5.49. The predicted molar refractivity (Wildman–Crippen MR) is 109 cm³/mol. The summed E-state index contributed by atoms with van der Waals surface area (Å²) in [5.41, 5.74) is 3.91. The molecule has 1 N–H and O–H groups in total. The molecule has 0 radical (unpaired) electrons. The van der Waals surface area contributed by atoms with Crippen molar-refractivity contribution in [1.29, 1.82) is 0 Å². The molecule has 4 heterocycles. The molecular weight excluding hydrogens is 371 g/mol. The van der Waals surface area contributed by atoms with Crippen LogP contribution in [-0.4, -0.2) is 30.1 Å². The third-order valence-corrected chi connectivity index (χ3v) is 6.39. The van der Waals surface area contributed by atoms with Crippen molar-refractivity contribution in [3.05, 3.63) is 45.3 Å². The van der Waals surface area contributed by atoms with Crippen molar-refractivity contribution in [3.63, 3.8) is 0 Å². The number of rotatable bonds is 2. The van der Waals surface area contributed by atoms with Crippen molar-refractivity contribution in [1.82, 2.24) is 10.2 Å². The third kappa shape index (κ3) is 3.07. The zero-order valence-electron chi connectivity index (χ0n) is 15.2. The number of halogens is 2. The van der Waals surface area contributed by atoms with Crippen LogP contribution in [0.15, 0.2) is 27.4 Å². The quantitative estimate of drug-likeness (QED) is 0.789. The fraction of sp³-hybridized carbons (Fsp3) is 0.550. The average molecular weight is 397 g/mol. The van der Waals surface area contributed by atoms with Crippen LogP contribution in [0.2, 0.25) is 0 Å². The summed E-state index contributed by atoms with van der Waals surface area (Å²) >= 11 is 0. The summed E-state index contributed by atoms with van der Waals surface area (Å²) in [5, 5.41) is 4.88. The summed E-state index contributed by atoms with van der Waals surface area (Å²) in [7, 11) is 0. The maximum absolute atomic E-state index is 12.0. The van der Waals surface area contributed by atoms with Crippen molar-refractivity contribution in [2.45, 2.75) is 45.3 Å². The molecular formula is C20H26Cl2N2O2. The minimum absolute atomic E-state index is 0. The maximum atomic E-state index is 12.0. The molecule has 3 aliphatic rings. The van der Waals surface area contributed by atoms with Crippen LogP contribution < -0.4 is 10.9 Å². The van der Waals surface area contributed by atoms with Gasteiger partial charge in [0.15, 0.2) is 0 Å². The standard InChI is InChI=1S/C20H24N2O2.2ClH/c1-11-5-12(2)20-14(6-11)13(7-19(23)24-20)8-22-9-15-16(10-22)18-4-3-17(15)21-18;;/h5-7,15-18,21H,3-4,8-10H2,1-2H3;2*1H/t15-,16+,17-,18+;;. The first kappa shape index (κ1) is 19.7. The topological polar surface area (TPSA) is 45.5 Å². The molecule has 1 aromatic carbocycles. The second-order valence-electron chi connectivity index (χ2n) is 8.03. The van der Waals surface area contributed by atoms with Gasteiger partial charge in [-0.25, -0.2) is 4.79 Å². The fourth-order valence-corrected chi connectivity index (χ4v) is 5.45. The largest absolute Gasteiger partial charge is 0.422 e. The summed E-state index contributed by atoms with van der Waals surface area (Å²) in [6, 6.07) is 7.39. The Kier molecular flexibility index (Phi) is 5.42. The molecule has 0 unspecified atom stereocenters. The van der Waals surface area contributed by atoms with Crippen molar-refractivity contribution < 1.29 is 4.42 Å². The predicted octanol–water partition coefficient (Wildman–Crippen LogP) is 3.44. The number of fused-ring (bicyclic) bond motifs is 6. The summed E-state index contributed by atoms with van der Waals surface area (Å²) in [6.07, 6.45) is 2.69. The van der Waals surface area contributed by atoms with Crippen LogP contribution in [0.5, 0.6) is 0 Å². The normalized spacial score (nSPS) is 29.5. The minimum Gasteiger partial charge on any atom is -0.422 e. The second-order valence-corrected chi connectivity index (χ2v) is 8.03. The van der Waals surface area contributed by atoms with Gasteiger partial charge in [0.05, 0.1) is 0 Å². The zero-order valence-corrected chi connectivity index (χ0v) is 16.8. The van der Waals surface area contributed by atoms with E-state index in [-0.39, 0.29) is 30.4 Å². The van der Waals surface area contributed by atoms with Gasteiger partial charge in [-0.2, -0.15) is 0 Å². The third-order valence-electron chi connectivity index (χ3n) is 6.39. The highest BCUT2D eigenvalue weighted by molar-refractivity contribution is 5.85. The van der Waals surface area contributed by atoms with Gasteiger partial charge in [0.1, 0.15) is 5.58 Å².